The SMILES string of the molecule is Cc1ncccc1OC(c1ccccc1)[C@H]1CCNC1. The minimum Gasteiger partial charge on any atom is -0.483 e. The zero-order valence-corrected chi connectivity index (χ0v) is 11.8. The molecule has 0 radical (unpaired) electrons. The highest BCUT2D eigenvalue weighted by Gasteiger charge is 2.28. The van der Waals surface area contributed by atoms with Crippen molar-refractivity contribution in [2.75, 3.05) is 13.1 Å². The second kappa shape index (κ2) is 6.06. The quantitative estimate of drug-likeness (QED) is 0.925. The Morgan fingerprint density at radius 3 is 2.75 bits per heavy atom. The molecule has 2 aromatic rings. The Kier molecular flexibility index (Phi) is 3.97. The molecule has 104 valence electrons. The number of hydrogen-bond donors (Lipinski definition) is 1. The van der Waals surface area contributed by atoms with Crippen LogP contribution in [0.25, 0.3) is 0 Å². The summed E-state index contributed by atoms with van der Waals surface area (Å²) in [6.07, 6.45) is 3.05. The van der Waals surface area contributed by atoms with E-state index in [2.05, 4.69) is 34.6 Å². The molecule has 3 rings (SSSR count). The molecule has 1 aromatic carbocycles. The molecule has 3 heteroatoms. The molecule has 1 fully saturated rings. The minimum atomic E-state index is 0.0918. The van der Waals surface area contributed by atoms with Crippen LogP contribution in [0.2, 0.25) is 0 Å². The summed E-state index contributed by atoms with van der Waals surface area (Å²) in [6, 6.07) is 14.4. The number of pyridine rings is 1. The average Bonchev–Trinajstić information content (AvgIpc) is 3.01. The summed E-state index contributed by atoms with van der Waals surface area (Å²) < 4.78 is 6.31. The Bertz CT molecular complexity index is 550. The summed E-state index contributed by atoms with van der Waals surface area (Å²) >= 11 is 0. The number of nitrogens with zero attached hydrogens (tertiary/aromatic N) is 1. The third-order valence-corrected chi connectivity index (χ3v) is 3.87. The van der Waals surface area contributed by atoms with E-state index in [-0.39, 0.29) is 6.10 Å². The molecule has 0 amide bonds. The van der Waals surface area contributed by atoms with Gasteiger partial charge >= 0.3 is 0 Å². The van der Waals surface area contributed by atoms with Crippen LogP contribution in [0.5, 0.6) is 5.75 Å². The summed E-state index contributed by atoms with van der Waals surface area (Å²) in [5.74, 6) is 1.39. The van der Waals surface area contributed by atoms with Gasteiger partial charge in [-0.15, -0.1) is 0 Å². The average molecular weight is 268 g/mol. The van der Waals surface area contributed by atoms with Crippen LogP contribution >= 0.6 is 0 Å². The smallest absolute Gasteiger partial charge is 0.141 e. The summed E-state index contributed by atoms with van der Waals surface area (Å²) in [5, 5.41) is 3.43. The van der Waals surface area contributed by atoms with Crippen molar-refractivity contribution in [3.05, 3.63) is 59.9 Å². The molecule has 2 atom stereocenters. The van der Waals surface area contributed by atoms with Crippen molar-refractivity contribution in [2.45, 2.75) is 19.4 Å². The lowest BCUT2D eigenvalue weighted by Gasteiger charge is -2.25. The third-order valence-electron chi connectivity index (χ3n) is 3.87. The lowest BCUT2D eigenvalue weighted by molar-refractivity contribution is 0.143. The summed E-state index contributed by atoms with van der Waals surface area (Å²) in [6.45, 7) is 4.08. The normalized spacial score (nSPS) is 19.8. The molecule has 1 aromatic heterocycles. The fourth-order valence-corrected chi connectivity index (χ4v) is 2.75. The molecule has 1 aliphatic rings. The Labute approximate surface area is 120 Å². The van der Waals surface area contributed by atoms with Crippen molar-refractivity contribution in [1.82, 2.24) is 10.3 Å². The molecular weight excluding hydrogens is 248 g/mol. The fraction of sp³-hybridized carbons (Fsp3) is 0.353. The van der Waals surface area contributed by atoms with Gasteiger partial charge in [-0.05, 0) is 37.6 Å². The van der Waals surface area contributed by atoms with Gasteiger partial charge in [0.25, 0.3) is 0 Å². The molecule has 0 bridgehead atoms. The van der Waals surface area contributed by atoms with Crippen LogP contribution < -0.4 is 10.1 Å². The largest absolute Gasteiger partial charge is 0.483 e. The first-order chi connectivity index (χ1) is 9.84. The van der Waals surface area contributed by atoms with Crippen molar-refractivity contribution < 1.29 is 4.74 Å². The fourth-order valence-electron chi connectivity index (χ4n) is 2.75. The number of nitrogens with one attached hydrogen (secondary N) is 1. The minimum absolute atomic E-state index is 0.0918. The Morgan fingerprint density at radius 1 is 1.20 bits per heavy atom. The molecule has 20 heavy (non-hydrogen) atoms. The predicted octanol–water partition coefficient (Wildman–Crippen LogP) is 3.12. The van der Waals surface area contributed by atoms with E-state index in [1.165, 1.54) is 5.56 Å². The Balaban J connectivity index is 1.88. The van der Waals surface area contributed by atoms with Crippen molar-refractivity contribution in [3.8, 4) is 5.75 Å². The van der Waals surface area contributed by atoms with Gasteiger partial charge in [-0.1, -0.05) is 30.3 Å². The molecule has 1 unspecified atom stereocenters. The molecule has 0 spiro atoms. The summed E-state index contributed by atoms with van der Waals surface area (Å²) in [4.78, 5) is 4.31. The molecule has 2 heterocycles. The number of rotatable bonds is 4. The first-order valence-electron chi connectivity index (χ1n) is 7.18. The Hall–Kier alpha value is -1.87. The molecule has 1 N–H and O–H groups in total. The van der Waals surface area contributed by atoms with Gasteiger partial charge in [0.1, 0.15) is 11.9 Å². The summed E-state index contributed by atoms with van der Waals surface area (Å²) in [5.41, 5.74) is 2.18. The van der Waals surface area contributed by atoms with Crippen molar-refractivity contribution in [1.29, 1.82) is 0 Å². The predicted molar refractivity (Wildman–Crippen MR) is 79.8 cm³/mol. The number of hydrogen-bond acceptors (Lipinski definition) is 3. The molecule has 1 aliphatic heterocycles. The first kappa shape index (κ1) is 13.1. The molecule has 1 saturated heterocycles. The molecule has 0 saturated carbocycles. The highest BCUT2D eigenvalue weighted by molar-refractivity contribution is 5.28. The first-order valence-corrected chi connectivity index (χ1v) is 7.18. The van der Waals surface area contributed by atoms with E-state index in [9.17, 15) is 0 Å². The standard InChI is InChI=1S/C17H20N2O/c1-13-16(8-5-10-19-13)20-17(15-9-11-18-12-15)14-6-3-2-4-7-14/h2-8,10,15,17-18H,9,11-12H2,1H3/t15-,17?/m0/s1. The van der Waals surface area contributed by atoms with Crippen LogP contribution in [-0.4, -0.2) is 18.1 Å². The summed E-state index contributed by atoms with van der Waals surface area (Å²) in [7, 11) is 0. The van der Waals surface area contributed by atoms with Crippen LogP contribution in [0.15, 0.2) is 48.7 Å². The van der Waals surface area contributed by atoms with Crippen LogP contribution in [0.3, 0.4) is 0 Å². The maximum atomic E-state index is 6.31. The van der Waals surface area contributed by atoms with E-state index < -0.39 is 0 Å². The van der Waals surface area contributed by atoms with Gasteiger partial charge in [0.2, 0.25) is 0 Å². The number of ether oxygens (including phenoxy) is 1. The zero-order valence-electron chi connectivity index (χ0n) is 11.8. The van der Waals surface area contributed by atoms with Crippen molar-refractivity contribution in [3.63, 3.8) is 0 Å². The van der Waals surface area contributed by atoms with Gasteiger partial charge in [-0.2, -0.15) is 0 Å². The van der Waals surface area contributed by atoms with E-state index >= 15 is 0 Å². The number of benzene rings is 1. The number of aryl methyl sites for hydroxylation is 1. The van der Waals surface area contributed by atoms with E-state index in [4.69, 9.17) is 4.74 Å². The number of aromatic nitrogens is 1. The zero-order chi connectivity index (χ0) is 13.8. The monoisotopic (exact) mass is 268 g/mol. The van der Waals surface area contributed by atoms with E-state index in [1.54, 1.807) is 6.20 Å². The maximum absolute atomic E-state index is 6.31. The van der Waals surface area contributed by atoms with Crippen LogP contribution in [0, 0.1) is 12.8 Å². The van der Waals surface area contributed by atoms with Crippen LogP contribution in [0.1, 0.15) is 23.8 Å². The highest BCUT2D eigenvalue weighted by atomic mass is 16.5. The highest BCUT2D eigenvalue weighted by Crippen LogP contribution is 2.32. The van der Waals surface area contributed by atoms with E-state index in [0.717, 1.165) is 31.0 Å². The van der Waals surface area contributed by atoms with E-state index in [1.807, 2.05) is 25.1 Å². The van der Waals surface area contributed by atoms with Crippen molar-refractivity contribution >= 4 is 0 Å². The molecule has 0 aliphatic carbocycles. The van der Waals surface area contributed by atoms with E-state index in [0.29, 0.717) is 5.92 Å². The van der Waals surface area contributed by atoms with Gasteiger partial charge in [-0.3, -0.25) is 4.98 Å². The van der Waals surface area contributed by atoms with Gasteiger partial charge in [0.05, 0.1) is 5.69 Å². The van der Waals surface area contributed by atoms with Crippen molar-refractivity contribution in [2.24, 2.45) is 5.92 Å². The molecule has 3 nitrogen and oxygen atoms in total. The maximum Gasteiger partial charge on any atom is 0.141 e. The van der Waals surface area contributed by atoms with Gasteiger partial charge in [0.15, 0.2) is 0 Å². The second-order valence-electron chi connectivity index (χ2n) is 5.29. The lowest BCUT2D eigenvalue weighted by atomic mass is 9.95. The van der Waals surface area contributed by atoms with Gasteiger partial charge < -0.3 is 10.1 Å². The van der Waals surface area contributed by atoms with Gasteiger partial charge in [0, 0.05) is 18.7 Å². The van der Waals surface area contributed by atoms with Gasteiger partial charge in [-0.25, -0.2) is 0 Å². The third kappa shape index (κ3) is 2.83. The second-order valence-corrected chi connectivity index (χ2v) is 5.29. The van der Waals surface area contributed by atoms with Crippen LogP contribution in [-0.2, 0) is 0 Å². The topological polar surface area (TPSA) is 34.1 Å². The Morgan fingerprint density at radius 2 is 2.05 bits per heavy atom. The molecular formula is C17H20N2O. The van der Waals surface area contributed by atoms with Crippen LogP contribution in [0.4, 0.5) is 0 Å². The lowest BCUT2D eigenvalue weighted by Crippen LogP contribution is -2.21.